The molecule has 23 heavy (non-hydrogen) atoms. The minimum absolute atomic E-state index is 0.0512. The van der Waals surface area contributed by atoms with Crippen LogP contribution in [0.5, 0.6) is 0 Å². The summed E-state index contributed by atoms with van der Waals surface area (Å²) in [4.78, 5) is 11.9. The predicted molar refractivity (Wildman–Crippen MR) is 86.5 cm³/mol. The van der Waals surface area contributed by atoms with Gasteiger partial charge in [-0.15, -0.1) is 0 Å². The maximum Gasteiger partial charge on any atom is 0.286 e. The van der Waals surface area contributed by atoms with Crippen molar-refractivity contribution in [3.05, 3.63) is 53.5 Å². The smallest absolute Gasteiger partial charge is 0.286 e. The van der Waals surface area contributed by atoms with Crippen LogP contribution >= 0.6 is 0 Å². The lowest BCUT2D eigenvalue weighted by Gasteiger charge is -2.16. The highest BCUT2D eigenvalue weighted by atomic mass is 32.2. The van der Waals surface area contributed by atoms with E-state index >= 15 is 0 Å². The van der Waals surface area contributed by atoms with Gasteiger partial charge in [0.05, 0.1) is 11.4 Å². The van der Waals surface area contributed by atoms with Crippen LogP contribution in [0.15, 0.2) is 45.7 Å². The van der Waals surface area contributed by atoms with Crippen LogP contribution in [0.1, 0.15) is 28.8 Å². The zero-order valence-corrected chi connectivity index (χ0v) is 14.2. The van der Waals surface area contributed by atoms with Gasteiger partial charge in [-0.1, -0.05) is 17.7 Å². The average Bonchev–Trinajstić information content (AvgIpc) is 2.96. The summed E-state index contributed by atoms with van der Waals surface area (Å²) >= 11 is 0. The lowest BCUT2D eigenvalue weighted by atomic mass is 10.2. The van der Waals surface area contributed by atoms with Crippen molar-refractivity contribution in [3.63, 3.8) is 0 Å². The van der Waals surface area contributed by atoms with Gasteiger partial charge in [-0.2, -0.15) is 4.31 Å². The van der Waals surface area contributed by atoms with Crippen molar-refractivity contribution in [1.29, 1.82) is 0 Å². The van der Waals surface area contributed by atoms with Gasteiger partial charge in [0.2, 0.25) is 10.0 Å². The quantitative estimate of drug-likeness (QED) is 0.876. The highest BCUT2D eigenvalue weighted by Crippen LogP contribution is 2.18. The third-order valence-electron chi connectivity index (χ3n) is 3.33. The van der Waals surface area contributed by atoms with Gasteiger partial charge in [0, 0.05) is 13.6 Å². The molecule has 2 aromatic rings. The largest absolute Gasteiger partial charge is 0.455 e. The van der Waals surface area contributed by atoms with E-state index in [9.17, 15) is 13.2 Å². The lowest BCUT2D eigenvalue weighted by Crippen LogP contribution is -2.26. The van der Waals surface area contributed by atoms with Gasteiger partial charge in [0.15, 0.2) is 5.76 Å². The van der Waals surface area contributed by atoms with E-state index in [0.717, 1.165) is 5.56 Å². The van der Waals surface area contributed by atoms with E-state index in [4.69, 9.17) is 4.42 Å². The van der Waals surface area contributed by atoms with Gasteiger partial charge in [-0.25, -0.2) is 8.42 Å². The van der Waals surface area contributed by atoms with E-state index in [1.807, 2.05) is 13.8 Å². The Kier molecular flexibility index (Phi) is 5.23. The van der Waals surface area contributed by atoms with Crippen LogP contribution in [0.3, 0.4) is 0 Å². The molecule has 7 heteroatoms. The summed E-state index contributed by atoms with van der Waals surface area (Å²) in [6.45, 7) is 4.25. The fourth-order valence-electron chi connectivity index (χ4n) is 2.03. The summed E-state index contributed by atoms with van der Waals surface area (Å²) < 4.78 is 31.6. The Morgan fingerprint density at radius 1 is 1.17 bits per heavy atom. The van der Waals surface area contributed by atoms with E-state index in [1.165, 1.54) is 17.4 Å². The lowest BCUT2D eigenvalue weighted by molar-refractivity contribution is 0.0925. The Bertz CT molecular complexity index is 779. The first-order valence-corrected chi connectivity index (χ1v) is 8.68. The summed E-state index contributed by atoms with van der Waals surface area (Å²) in [5.41, 5.74) is 0.990. The molecule has 0 radical (unpaired) electrons. The molecule has 0 atom stereocenters. The first-order chi connectivity index (χ1) is 10.8. The fraction of sp³-hybridized carbons (Fsp3) is 0.312. The first-order valence-electron chi connectivity index (χ1n) is 7.24. The van der Waals surface area contributed by atoms with Crippen molar-refractivity contribution < 1.29 is 17.6 Å². The van der Waals surface area contributed by atoms with E-state index in [2.05, 4.69) is 5.32 Å². The molecule has 1 aromatic heterocycles. The second-order valence-electron chi connectivity index (χ2n) is 5.20. The van der Waals surface area contributed by atoms with Crippen LogP contribution in [0.25, 0.3) is 0 Å². The number of nitrogens with one attached hydrogen (secondary N) is 1. The molecule has 0 aliphatic heterocycles. The molecule has 0 fully saturated rings. The molecule has 1 amide bonds. The number of hydrogen-bond acceptors (Lipinski definition) is 4. The number of carbonyl (C=O) groups is 1. The molecular weight excluding hydrogens is 316 g/mol. The summed E-state index contributed by atoms with van der Waals surface area (Å²) in [5, 5.41) is 2.63. The molecule has 0 spiro atoms. The molecule has 0 bridgehead atoms. The Morgan fingerprint density at radius 2 is 1.83 bits per heavy atom. The zero-order valence-electron chi connectivity index (χ0n) is 13.4. The Hall–Kier alpha value is -2.12. The average molecular weight is 336 g/mol. The molecule has 0 aliphatic rings. The van der Waals surface area contributed by atoms with Crippen LogP contribution in [0, 0.1) is 6.92 Å². The van der Waals surface area contributed by atoms with Gasteiger partial charge < -0.3 is 9.73 Å². The number of furan rings is 1. The summed E-state index contributed by atoms with van der Waals surface area (Å²) in [6.07, 6.45) is 0. The first kappa shape index (κ1) is 17.2. The second-order valence-corrected chi connectivity index (χ2v) is 7.24. The van der Waals surface area contributed by atoms with Gasteiger partial charge in [-0.3, -0.25) is 4.79 Å². The predicted octanol–water partition coefficient (Wildman–Crippen LogP) is 2.16. The van der Waals surface area contributed by atoms with Crippen molar-refractivity contribution in [1.82, 2.24) is 9.62 Å². The molecule has 2 rings (SSSR count). The number of carbonyl (C=O) groups excluding carboxylic acids is 1. The van der Waals surface area contributed by atoms with Crippen LogP contribution in [0.4, 0.5) is 0 Å². The van der Waals surface area contributed by atoms with Gasteiger partial charge in [0.1, 0.15) is 5.76 Å². The minimum Gasteiger partial charge on any atom is -0.455 e. The molecule has 1 aromatic carbocycles. The van der Waals surface area contributed by atoms with E-state index < -0.39 is 10.0 Å². The highest BCUT2D eigenvalue weighted by molar-refractivity contribution is 7.89. The summed E-state index contributed by atoms with van der Waals surface area (Å²) in [5.74, 6) is 0.259. The summed E-state index contributed by atoms with van der Waals surface area (Å²) in [7, 11) is -2.13. The number of aryl methyl sites for hydroxylation is 1. The Balaban J connectivity index is 2.13. The molecule has 0 saturated heterocycles. The Morgan fingerprint density at radius 3 is 2.43 bits per heavy atom. The molecule has 1 heterocycles. The van der Waals surface area contributed by atoms with Crippen molar-refractivity contribution in [3.8, 4) is 0 Å². The highest BCUT2D eigenvalue weighted by Gasteiger charge is 2.22. The van der Waals surface area contributed by atoms with Crippen LogP contribution in [-0.4, -0.2) is 32.2 Å². The molecular formula is C16H20N2O4S. The molecule has 1 N–H and O–H groups in total. The standard InChI is InChI=1S/C16H20N2O4S/c1-4-17-16(19)15-10-7-13(22-15)11-18(3)23(20,21)14-8-5-12(2)6-9-14/h5-10H,4,11H2,1-3H3,(H,17,19). The van der Waals surface area contributed by atoms with E-state index in [-0.39, 0.29) is 23.1 Å². The van der Waals surface area contributed by atoms with Gasteiger partial charge >= 0.3 is 0 Å². The number of amides is 1. The maximum absolute atomic E-state index is 12.5. The third kappa shape index (κ3) is 4.00. The maximum atomic E-state index is 12.5. The summed E-state index contributed by atoms with van der Waals surface area (Å²) in [6, 6.07) is 9.78. The van der Waals surface area contributed by atoms with E-state index in [1.54, 1.807) is 30.3 Å². The Labute approximate surface area is 136 Å². The topological polar surface area (TPSA) is 79.6 Å². The van der Waals surface area contributed by atoms with Crippen LogP contribution in [-0.2, 0) is 16.6 Å². The number of rotatable bonds is 6. The number of nitrogens with zero attached hydrogens (tertiary/aromatic N) is 1. The van der Waals surface area contributed by atoms with Crippen molar-refractivity contribution in [2.45, 2.75) is 25.3 Å². The number of benzene rings is 1. The number of sulfonamides is 1. The van der Waals surface area contributed by atoms with Gasteiger partial charge in [-0.05, 0) is 38.1 Å². The zero-order chi connectivity index (χ0) is 17.0. The molecule has 0 saturated carbocycles. The molecule has 124 valence electrons. The van der Waals surface area contributed by atoms with Crippen molar-refractivity contribution in [2.24, 2.45) is 0 Å². The minimum atomic E-state index is -3.60. The third-order valence-corrected chi connectivity index (χ3v) is 5.15. The normalized spacial score (nSPS) is 11.7. The number of hydrogen-bond donors (Lipinski definition) is 1. The van der Waals surface area contributed by atoms with Crippen LogP contribution < -0.4 is 5.32 Å². The van der Waals surface area contributed by atoms with Crippen LogP contribution in [0.2, 0.25) is 0 Å². The molecule has 0 aliphatic carbocycles. The SMILES string of the molecule is CCNC(=O)c1ccc(CN(C)S(=O)(=O)c2ccc(C)cc2)o1. The second kappa shape index (κ2) is 6.97. The van der Waals surface area contributed by atoms with Crippen molar-refractivity contribution in [2.75, 3.05) is 13.6 Å². The monoisotopic (exact) mass is 336 g/mol. The van der Waals surface area contributed by atoms with Crippen molar-refractivity contribution >= 4 is 15.9 Å². The molecule has 0 unspecified atom stereocenters. The fourth-order valence-corrected chi connectivity index (χ4v) is 3.16. The van der Waals surface area contributed by atoms with E-state index in [0.29, 0.717) is 12.3 Å². The molecule has 6 nitrogen and oxygen atoms in total. The van der Waals surface area contributed by atoms with Gasteiger partial charge in [0.25, 0.3) is 5.91 Å².